The van der Waals surface area contributed by atoms with Gasteiger partial charge in [0.05, 0.1) is 27.8 Å². The molecule has 0 aliphatic rings. The van der Waals surface area contributed by atoms with Crippen LogP contribution in [0.25, 0.3) is 121 Å². The molecule has 0 unspecified atom stereocenters. The van der Waals surface area contributed by atoms with Gasteiger partial charge in [0.1, 0.15) is 0 Å². The van der Waals surface area contributed by atoms with Gasteiger partial charge in [0.15, 0.2) is 17.5 Å². The lowest BCUT2D eigenvalue weighted by Crippen LogP contribution is -2.02. The minimum absolute atomic E-state index is 0.633. The summed E-state index contributed by atoms with van der Waals surface area (Å²) in [5.41, 5.74) is 9.78. The average molecular weight is 790 g/mol. The van der Waals surface area contributed by atoms with Crippen molar-refractivity contribution in [2.24, 2.45) is 0 Å². The van der Waals surface area contributed by atoms with Crippen molar-refractivity contribution in [2.75, 3.05) is 0 Å². The van der Waals surface area contributed by atoms with Crippen LogP contribution in [0.15, 0.2) is 212 Å². The zero-order valence-corrected chi connectivity index (χ0v) is 33.4. The van der Waals surface area contributed by atoms with Gasteiger partial charge in [-0.3, -0.25) is 0 Å². The summed E-state index contributed by atoms with van der Waals surface area (Å²) in [5.74, 6) is 1.92. The first-order chi connectivity index (χ1) is 30.7. The lowest BCUT2D eigenvalue weighted by molar-refractivity contribution is 1.08. The van der Waals surface area contributed by atoms with E-state index in [1.54, 1.807) is 0 Å². The quantitative estimate of drug-likeness (QED) is 0.174. The lowest BCUT2D eigenvalue weighted by atomic mass is 10.0. The van der Waals surface area contributed by atoms with Crippen molar-refractivity contribution in [3.05, 3.63) is 212 Å². The molecule has 0 bridgehead atoms. The van der Waals surface area contributed by atoms with Crippen LogP contribution in [0.2, 0.25) is 0 Å². The fourth-order valence-electron chi connectivity index (χ4n) is 9.72. The Morgan fingerprint density at radius 3 is 1.55 bits per heavy atom. The molecule has 0 aliphatic carbocycles. The van der Waals surface area contributed by atoms with Crippen molar-refractivity contribution in [2.45, 2.75) is 0 Å². The van der Waals surface area contributed by atoms with Crippen molar-refractivity contribution in [3.8, 4) is 45.5 Å². The van der Waals surface area contributed by atoms with Gasteiger partial charge >= 0.3 is 0 Å². The highest BCUT2D eigenvalue weighted by molar-refractivity contribution is 6.16. The third kappa shape index (κ3) is 5.25. The number of aromatic nitrogens is 5. The molecule has 62 heavy (non-hydrogen) atoms. The van der Waals surface area contributed by atoms with Crippen LogP contribution in [-0.4, -0.2) is 24.1 Å². The van der Waals surface area contributed by atoms with E-state index >= 15 is 0 Å². The van der Waals surface area contributed by atoms with Crippen molar-refractivity contribution >= 4 is 75.9 Å². The predicted molar refractivity (Wildman–Crippen MR) is 257 cm³/mol. The van der Waals surface area contributed by atoms with Gasteiger partial charge in [0.2, 0.25) is 0 Å². The van der Waals surface area contributed by atoms with Crippen molar-refractivity contribution in [1.29, 1.82) is 0 Å². The Kier molecular flexibility index (Phi) is 7.54. The maximum Gasteiger partial charge on any atom is 0.164 e. The topological polar surface area (TPSA) is 48.5 Å². The summed E-state index contributed by atoms with van der Waals surface area (Å²) in [4.78, 5) is 15.6. The molecule has 0 atom stereocenters. The zero-order chi connectivity index (χ0) is 40.7. The van der Waals surface area contributed by atoms with Gasteiger partial charge < -0.3 is 9.13 Å². The molecule has 0 amide bonds. The minimum atomic E-state index is 0.633. The second-order valence-electron chi connectivity index (χ2n) is 16.0. The number of benzene rings is 10. The highest BCUT2D eigenvalue weighted by atomic mass is 15.0. The van der Waals surface area contributed by atoms with Crippen LogP contribution in [-0.2, 0) is 0 Å². The average Bonchev–Trinajstić information content (AvgIpc) is 3.84. The maximum absolute atomic E-state index is 5.27. The summed E-state index contributed by atoms with van der Waals surface area (Å²) >= 11 is 0. The molecule has 0 spiro atoms. The van der Waals surface area contributed by atoms with Crippen LogP contribution in [0.3, 0.4) is 0 Å². The zero-order valence-electron chi connectivity index (χ0n) is 33.4. The number of hydrogen-bond donors (Lipinski definition) is 0. The Hall–Kier alpha value is -8.41. The van der Waals surface area contributed by atoms with E-state index in [1.807, 2.05) is 18.2 Å². The Morgan fingerprint density at radius 1 is 0.274 bits per heavy atom. The molecule has 0 saturated carbocycles. The Labute approximate surface area is 356 Å². The predicted octanol–water partition coefficient (Wildman–Crippen LogP) is 14.5. The van der Waals surface area contributed by atoms with Crippen molar-refractivity contribution in [3.63, 3.8) is 0 Å². The van der Waals surface area contributed by atoms with E-state index in [4.69, 9.17) is 15.0 Å². The summed E-state index contributed by atoms with van der Waals surface area (Å²) in [6, 6.07) is 75.8. The van der Waals surface area contributed by atoms with E-state index in [0.717, 1.165) is 60.6 Å². The van der Waals surface area contributed by atoms with Crippen LogP contribution >= 0.6 is 0 Å². The minimum Gasteiger partial charge on any atom is -0.309 e. The molecule has 0 radical (unpaired) electrons. The molecule has 0 saturated heterocycles. The van der Waals surface area contributed by atoms with Crippen LogP contribution < -0.4 is 0 Å². The number of nitrogens with zero attached hydrogens (tertiary/aromatic N) is 5. The molecule has 288 valence electrons. The van der Waals surface area contributed by atoms with Gasteiger partial charge in [-0.25, -0.2) is 15.0 Å². The number of hydrogen-bond acceptors (Lipinski definition) is 3. The normalized spacial score (nSPS) is 11.9. The fourth-order valence-corrected chi connectivity index (χ4v) is 9.72. The Balaban J connectivity index is 1.06. The summed E-state index contributed by atoms with van der Waals surface area (Å²) in [5, 5.41) is 11.7. The molecule has 0 aliphatic heterocycles. The van der Waals surface area contributed by atoms with Crippen LogP contribution in [0.5, 0.6) is 0 Å². The second kappa shape index (κ2) is 13.6. The van der Waals surface area contributed by atoms with Gasteiger partial charge in [0.25, 0.3) is 0 Å². The molecule has 13 rings (SSSR count). The van der Waals surface area contributed by atoms with E-state index in [1.165, 1.54) is 43.4 Å². The highest BCUT2D eigenvalue weighted by Gasteiger charge is 2.21. The van der Waals surface area contributed by atoms with E-state index < -0.39 is 0 Å². The van der Waals surface area contributed by atoms with E-state index in [9.17, 15) is 0 Å². The summed E-state index contributed by atoms with van der Waals surface area (Å²) in [6.07, 6.45) is 0. The number of para-hydroxylation sites is 2. The van der Waals surface area contributed by atoms with Crippen LogP contribution in [0, 0.1) is 0 Å². The van der Waals surface area contributed by atoms with Crippen LogP contribution in [0.4, 0.5) is 0 Å². The Morgan fingerprint density at radius 2 is 0.806 bits per heavy atom. The van der Waals surface area contributed by atoms with Gasteiger partial charge in [-0.2, -0.15) is 0 Å². The second-order valence-corrected chi connectivity index (χ2v) is 16.0. The van der Waals surface area contributed by atoms with Crippen molar-refractivity contribution in [1.82, 2.24) is 24.1 Å². The van der Waals surface area contributed by atoms with Gasteiger partial charge in [-0.05, 0) is 81.5 Å². The largest absolute Gasteiger partial charge is 0.309 e. The van der Waals surface area contributed by atoms with E-state index in [2.05, 4.69) is 203 Å². The molecule has 3 heterocycles. The first-order valence-electron chi connectivity index (χ1n) is 21.0. The molecule has 0 N–H and O–H groups in total. The maximum atomic E-state index is 5.27. The standard InChI is InChI=1S/C57H35N5/c1-2-16-37(17-3-1)55-58-56(46-26-14-20-36-15-6-7-21-41(36)46)60-57(59-55)47-30-32-52(43-23-9-8-22-42(43)47)62-53-31-29-40(35-49(53)48-33-38-18-4-5-19-39(38)34-54(48)62)61-50-27-12-10-24-44(50)45-25-11-13-28-51(45)61/h1-35H. The number of fused-ring (bicyclic) bond motifs is 9. The molecule has 5 heteroatoms. The summed E-state index contributed by atoms with van der Waals surface area (Å²) in [6.45, 7) is 0. The third-order valence-electron chi connectivity index (χ3n) is 12.5. The first-order valence-corrected chi connectivity index (χ1v) is 21.0. The molecule has 0 fully saturated rings. The van der Waals surface area contributed by atoms with Crippen molar-refractivity contribution < 1.29 is 0 Å². The van der Waals surface area contributed by atoms with E-state index in [0.29, 0.717) is 17.5 Å². The lowest BCUT2D eigenvalue weighted by Gasteiger charge is -2.16. The SMILES string of the molecule is c1ccc(-c2nc(-c3cccc4ccccc34)nc(-c3ccc(-n4c5ccc(-n6c7ccccc7c7ccccc76)cc5c5cc6ccccc6cc54)c4ccccc34)n2)cc1. The van der Waals surface area contributed by atoms with Gasteiger partial charge in [0, 0.05) is 49.3 Å². The molecular weight excluding hydrogens is 755 g/mol. The van der Waals surface area contributed by atoms with E-state index in [-0.39, 0.29) is 0 Å². The monoisotopic (exact) mass is 789 g/mol. The third-order valence-corrected chi connectivity index (χ3v) is 12.5. The summed E-state index contributed by atoms with van der Waals surface area (Å²) < 4.78 is 4.85. The smallest absolute Gasteiger partial charge is 0.164 e. The fraction of sp³-hybridized carbons (Fsp3) is 0. The Bertz CT molecular complexity index is 3880. The molecule has 3 aromatic heterocycles. The number of rotatable bonds is 5. The van der Waals surface area contributed by atoms with Gasteiger partial charge in [-0.1, -0.05) is 158 Å². The molecule has 13 aromatic rings. The molecule has 5 nitrogen and oxygen atoms in total. The summed E-state index contributed by atoms with van der Waals surface area (Å²) in [7, 11) is 0. The van der Waals surface area contributed by atoms with Crippen LogP contribution in [0.1, 0.15) is 0 Å². The molecular formula is C57H35N5. The highest BCUT2D eigenvalue weighted by Crippen LogP contribution is 2.41. The molecule has 10 aromatic carbocycles. The van der Waals surface area contributed by atoms with Gasteiger partial charge in [-0.15, -0.1) is 0 Å². The first kappa shape index (κ1) is 34.5.